The highest BCUT2D eigenvalue weighted by Gasteiger charge is 2.33. The van der Waals surface area contributed by atoms with Crippen LogP contribution in [0.4, 0.5) is 13.2 Å². The zero-order chi connectivity index (χ0) is 14.8. The minimum atomic E-state index is -4.55. The molecule has 2 nitrogen and oxygen atoms in total. The molecule has 0 atom stereocenters. The maximum atomic E-state index is 12.6. The Balaban J connectivity index is 2.31. The van der Waals surface area contributed by atoms with Crippen molar-refractivity contribution in [1.82, 2.24) is 0 Å². The van der Waals surface area contributed by atoms with Gasteiger partial charge in [0.2, 0.25) is 0 Å². The molecule has 0 bridgehead atoms. The van der Waals surface area contributed by atoms with E-state index >= 15 is 0 Å². The summed E-state index contributed by atoms with van der Waals surface area (Å²) >= 11 is 0. The molecule has 5 heteroatoms. The summed E-state index contributed by atoms with van der Waals surface area (Å²) < 4.78 is 43.4. The van der Waals surface area contributed by atoms with Gasteiger partial charge in [-0.25, -0.2) is 0 Å². The monoisotopic (exact) mass is 277 g/mol. The summed E-state index contributed by atoms with van der Waals surface area (Å²) in [5.74, 6) is 0.692. The number of alkyl halides is 3. The van der Waals surface area contributed by atoms with Gasteiger partial charge in [0.25, 0.3) is 0 Å². The molecule has 20 heavy (non-hydrogen) atoms. The fourth-order valence-electron chi connectivity index (χ4n) is 1.67. The Morgan fingerprint density at radius 2 is 1.60 bits per heavy atom. The van der Waals surface area contributed by atoms with E-state index in [-0.39, 0.29) is 5.75 Å². The van der Waals surface area contributed by atoms with Crippen LogP contribution in [-0.2, 0) is 6.18 Å². The number of benzene rings is 2. The van der Waals surface area contributed by atoms with E-state index in [1.54, 1.807) is 12.1 Å². The topological polar surface area (TPSA) is 33.0 Å². The van der Waals surface area contributed by atoms with Gasteiger partial charge in [-0.3, -0.25) is 0 Å². The van der Waals surface area contributed by atoms with E-state index in [1.165, 1.54) is 12.1 Å². The molecule has 0 N–H and O–H groups in total. The molecule has 0 saturated heterocycles. The van der Waals surface area contributed by atoms with Crippen LogP contribution in [0.3, 0.4) is 0 Å². The standard InChI is InChI=1S/C15H10F3NO/c1-10-2-4-12(5-3-10)20-13-6-7-14(15(16,17)18)11(8-13)9-19/h2-8H,1H3. The van der Waals surface area contributed by atoms with Gasteiger partial charge in [-0.15, -0.1) is 0 Å². The summed E-state index contributed by atoms with van der Waals surface area (Å²) in [6.45, 7) is 1.91. The first-order valence-corrected chi connectivity index (χ1v) is 5.76. The van der Waals surface area contributed by atoms with Crippen molar-refractivity contribution in [2.75, 3.05) is 0 Å². The van der Waals surface area contributed by atoms with Gasteiger partial charge in [-0.1, -0.05) is 17.7 Å². The quantitative estimate of drug-likeness (QED) is 0.798. The summed E-state index contributed by atoms with van der Waals surface area (Å²) in [5, 5.41) is 8.80. The van der Waals surface area contributed by atoms with E-state index in [9.17, 15) is 13.2 Å². The van der Waals surface area contributed by atoms with Crippen LogP contribution in [0.15, 0.2) is 42.5 Å². The van der Waals surface area contributed by atoms with Crippen molar-refractivity contribution < 1.29 is 17.9 Å². The number of hydrogen-bond acceptors (Lipinski definition) is 2. The van der Waals surface area contributed by atoms with Crippen LogP contribution in [0.25, 0.3) is 0 Å². The molecule has 0 aliphatic rings. The molecule has 2 aromatic carbocycles. The highest BCUT2D eigenvalue weighted by atomic mass is 19.4. The number of nitrogens with zero attached hydrogens (tertiary/aromatic N) is 1. The molecular weight excluding hydrogens is 267 g/mol. The van der Waals surface area contributed by atoms with Crippen LogP contribution >= 0.6 is 0 Å². The number of aryl methyl sites for hydroxylation is 1. The van der Waals surface area contributed by atoms with E-state index < -0.39 is 17.3 Å². The number of hydrogen-bond donors (Lipinski definition) is 0. The zero-order valence-electron chi connectivity index (χ0n) is 10.5. The lowest BCUT2D eigenvalue weighted by atomic mass is 10.1. The van der Waals surface area contributed by atoms with Gasteiger partial charge in [-0.2, -0.15) is 18.4 Å². The summed E-state index contributed by atoms with van der Waals surface area (Å²) in [6, 6.07) is 11.7. The van der Waals surface area contributed by atoms with Crippen LogP contribution in [-0.4, -0.2) is 0 Å². The Morgan fingerprint density at radius 3 is 2.15 bits per heavy atom. The molecule has 2 rings (SSSR count). The van der Waals surface area contributed by atoms with Gasteiger partial charge in [0, 0.05) is 0 Å². The van der Waals surface area contributed by atoms with Gasteiger partial charge in [-0.05, 0) is 37.3 Å². The van der Waals surface area contributed by atoms with Crippen molar-refractivity contribution >= 4 is 0 Å². The normalized spacial score (nSPS) is 10.9. The van der Waals surface area contributed by atoms with E-state index in [4.69, 9.17) is 10.00 Å². The number of nitriles is 1. The second-order valence-corrected chi connectivity index (χ2v) is 4.23. The molecule has 0 heterocycles. The van der Waals surface area contributed by atoms with Gasteiger partial charge in [0.05, 0.1) is 17.2 Å². The van der Waals surface area contributed by atoms with E-state index in [1.807, 2.05) is 19.1 Å². The average molecular weight is 277 g/mol. The molecule has 0 aliphatic carbocycles. The molecule has 0 aromatic heterocycles. The molecule has 0 spiro atoms. The van der Waals surface area contributed by atoms with E-state index in [0.29, 0.717) is 5.75 Å². The first kappa shape index (κ1) is 13.9. The predicted molar refractivity (Wildman–Crippen MR) is 67.4 cm³/mol. The molecule has 0 radical (unpaired) electrons. The lowest BCUT2D eigenvalue weighted by Gasteiger charge is -2.11. The Bertz CT molecular complexity index is 654. The summed E-state index contributed by atoms with van der Waals surface area (Å²) in [4.78, 5) is 0. The predicted octanol–water partition coefficient (Wildman–Crippen LogP) is 4.68. The maximum Gasteiger partial charge on any atom is 0.417 e. The maximum absolute atomic E-state index is 12.6. The molecule has 0 amide bonds. The highest BCUT2D eigenvalue weighted by molar-refractivity contribution is 5.46. The van der Waals surface area contributed by atoms with Gasteiger partial charge in [0.15, 0.2) is 0 Å². The third kappa shape index (κ3) is 3.09. The van der Waals surface area contributed by atoms with Gasteiger partial charge < -0.3 is 4.74 Å². The highest BCUT2D eigenvalue weighted by Crippen LogP contribution is 2.34. The number of ether oxygens (including phenoxy) is 1. The lowest BCUT2D eigenvalue weighted by Crippen LogP contribution is -2.07. The molecule has 0 fully saturated rings. The largest absolute Gasteiger partial charge is 0.457 e. The van der Waals surface area contributed by atoms with Crippen LogP contribution in [0.2, 0.25) is 0 Å². The number of halogens is 3. The van der Waals surface area contributed by atoms with Gasteiger partial charge in [0.1, 0.15) is 11.5 Å². The SMILES string of the molecule is Cc1ccc(Oc2ccc(C(F)(F)F)c(C#N)c2)cc1. The van der Waals surface area contributed by atoms with Crippen molar-refractivity contribution in [3.05, 3.63) is 59.2 Å². The van der Waals surface area contributed by atoms with Crippen molar-refractivity contribution in [1.29, 1.82) is 5.26 Å². The second-order valence-electron chi connectivity index (χ2n) is 4.23. The van der Waals surface area contributed by atoms with Crippen LogP contribution in [0.1, 0.15) is 16.7 Å². The molecule has 2 aromatic rings. The first-order chi connectivity index (χ1) is 9.40. The summed E-state index contributed by atoms with van der Waals surface area (Å²) in [7, 11) is 0. The van der Waals surface area contributed by atoms with E-state index in [2.05, 4.69) is 0 Å². The smallest absolute Gasteiger partial charge is 0.417 e. The van der Waals surface area contributed by atoms with Crippen molar-refractivity contribution in [2.45, 2.75) is 13.1 Å². The Morgan fingerprint density at radius 1 is 1.00 bits per heavy atom. The fraction of sp³-hybridized carbons (Fsp3) is 0.133. The lowest BCUT2D eigenvalue weighted by molar-refractivity contribution is -0.137. The van der Waals surface area contributed by atoms with E-state index in [0.717, 1.165) is 17.7 Å². The number of rotatable bonds is 2. The van der Waals surface area contributed by atoms with Crippen molar-refractivity contribution in [3.8, 4) is 17.6 Å². The third-order valence-corrected chi connectivity index (χ3v) is 2.67. The van der Waals surface area contributed by atoms with Crippen molar-refractivity contribution in [3.63, 3.8) is 0 Å². The second kappa shape index (κ2) is 5.25. The van der Waals surface area contributed by atoms with Gasteiger partial charge >= 0.3 is 6.18 Å². The third-order valence-electron chi connectivity index (χ3n) is 2.67. The summed E-state index contributed by atoms with van der Waals surface area (Å²) in [5.41, 5.74) is -0.374. The Labute approximate surface area is 114 Å². The fourth-order valence-corrected chi connectivity index (χ4v) is 1.67. The Kier molecular flexibility index (Phi) is 3.66. The minimum Gasteiger partial charge on any atom is -0.457 e. The van der Waals surface area contributed by atoms with Crippen LogP contribution < -0.4 is 4.74 Å². The summed E-state index contributed by atoms with van der Waals surface area (Å²) in [6.07, 6.45) is -4.55. The average Bonchev–Trinajstić information content (AvgIpc) is 2.40. The minimum absolute atomic E-state index is 0.193. The first-order valence-electron chi connectivity index (χ1n) is 5.76. The molecule has 0 aliphatic heterocycles. The molecule has 0 unspecified atom stereocenters. The zero-order valence-corrected chi connectivity index (χ0v) is 10.5. The van der Waals surface area contributed by atoms with Crippen molar-refractivity contribution in [2.24, 2.45) is 0 Å². The molecular formula is C15H10F3NO. The van der Waals surface area contributed by atoms with Crippen LogP contribution in [0, 0.1) is 18.3 Å². The van der Waals surface area contributed by atoms with Crippen LogP contribution in [0.5, 0.6) is 11.5 Å². The molecule has 102 valence electrons. The Hall–Kier alpha value is -2.48. The molecule has 0 saturated carbocycles.